The molecule has 1 N–H and O–H groups in total. The fourth-order valence-electron chi connectivity index (χ4n) is 5.42. The lowest BCUT2D eigenvalue weighted by Crippen LogP contribution is -2.63. The number of allylic oxidation sites excluding steroid dienone is 1. The lowest BCUT2D eigenvalue weighted by atomic mass is 9.80. The number of carbonyl (C=O) groups is 5. The Labute approximate surface area is 258 Å². The van der Waals surface area contributed by atoms with Crippen LogP contribution in [0.15, 0.2) is 23.3 Å². The normalized spacial score (nSPS) is 32.0. The molecule has 0 bridgehead atoms. The zero-order valence-electron chi connectivity index (χ0n) is 26.9. The third-order valence-corrected chi connectivity index (χ3v) is 7.15. The molecule has 44 heavy (non-hydrogen) atoms. The van der Waals surface area contributed by atoms with E-state index in [0.717, 1.165) is 31.9 Å². The predicted molar refractivity (Wildman–Crippen MR) is 154 cm³/mol. The van der Waals surface area contributed by atoms with Gasteiger partial charge in [-0.1, -0.05) is 17.2 Å². The Kier molecular flexibility index (Phi) is 13.5. The molecule has 1 aliphatic carbocycles. The van der Waals surface area contributed by atoms with Crippen LogP contribution in [0.25, 0.3) is 0 Å². The number of aliphatic hydroxyl groups is 1. The molecule has 0 aromatic carbocycles. The molecule has 2 rings (SSSR count). The summed E-state index contributed by atoms with van der Waals surface area (Å²) in [7, 11) is 0. The maximum Gasteiger partial charge on any atom is 0.303 e. The molecule has 13 heteroatoms. The van der Waals surface area contributed by atoms with Crippen molar-refractivity contribution < 1.29 is 62.2 Å². The minimum atomic E-state index is -1.43. The van der Waals surface area contributed by atoms with E-state index in [0.29, 0.717) is 19.3 Å². The highest BCUT2D eigenvalue weighted by atomic mass is 16.7. The Morgan fingerprint density at radius 3 is 1.86 bits per heavy atom. The second-order valence-electron chi connectivity index (χ2n) is 11.8. The van der Waals surface area contributed by atoms with Crippen molar-refractivity contribution in [3.63, 3.8) is 0 Å². The van der Waals surface area contributed by atoms with Crippen LogP contribution in [0, 0.1) is 5.92 Å². The molecule has 13 nitrogen and oxygen atoms in total. The van der Waals surface area contributed by atoms with Gasteiger partial charge in [-0.15, -0.1) is 0 Å². The number of hydrogen-bond donors (Lipinski definition) is 1. The highest BCUT2D eigenvalue weighted by Crippen LogP contribution is 2.36. The lowest BCUT2D eigenvalue weighted by molar-refractivity contribution is -0.319. The summed E-state index contributed by atoms with van der Waals surface area (Å²) in [5.74, 6) is -3.87. The van der Waals surface area contributed by atoms with Gasteiger partial charge < -0.3 is 38.3 Å². The summed E-state index contributed by atoms with van der Waals surface area (Å²) in [4.78, 5) is 60.0. The maximum atomic E-state index is 12.3. The zero-order valence-corrected chi connectivity index (χ0v) is 26.9. The van der Waals surface area contributed by atoms with Crippen molar-refractivity contribution in [3.8, 4) is 0 Å². The summed E-state index contributed by atoms with van der Waals surface area (Å²) in [5, 5.41) is 11.3. The van der Waals surface area contributed by atoms with Gasteiger partial charge in [0.1, 0.15) is 18.8 Å². The van der Waals surface area contributed by atoms with Crippen LogP contribution in [-0.2, 0) is 57.1 Å². The molecule has 2 aliphatic rings. The second-order valence-corrected chi connectivity index (χ2v) is 11.8. The molecule has 0 saturated carbocycles. The van der Waals surface area contributed by atoms with Gasteiger partial charge in [0, 0.05) is 47.0 Å². The minimum Gasteiger partial charge on any atom is -0.463 e. The Bertz CT molecular complexity index is 1120. The molecular weight excluding hydrogens is 580 g/mol. The van der Waals surface area contributed by atoms with Gasteiger partial charge in [0.15, 0.2) is 24.6 Å². The average Bonchev–Trinajstić information content (AvgIpc) is 2.83. The molecule has 0 spiro atoms. The van der Waals surface area contributed by atoms with Crippen LogP contribution in [0.5, 0.6) is 0 Å². The van der Waals surface area contributed by atoms with E-state index in [1.807, 2.05) is 19.9 Å². The lowest BCUT2D eigenvalue weighted by Gasteiger charge is -2.46. The third kappa shape index (κ3) is 11.7. The number of esters is 5. The van der Waals surface area contributed by atoms with E-state index in [-0.39, 0.29) is 0 Å². The van der Waals surface area contributed by atoms with Gasteiger partial charge in [-0.25, -0.2) is 0 Å². The summed E-state index contributed by atoms with van der Waals surface area (Å²) in [5.41, 5.74) is 0.451. The Morgan fingerprint density at radius 2 is 1.34 bits per heavy atom. The summed E-state index contributed by atoms with van der Waals surface area (Å²) >= 11 is 0. The van der Waals surface area contributed by atoms with E-state index in [4.69, 9.17) is 33.2 Å². The molecule has 0 amide bonds. The van der Waals surface area contributed by atoms with E-state index in [1.54, 1.807) is 19.9 Å². The van der Waals surface area contributed by atoms with Gasteiger partial charge in [0.25, 0.3) is 0 Å². The average molecular weight is 627 g/mol. The van der Waals surface area contributed by atoms with E-state index < -0.39 is 90.9 Å². The van der Waals surface area contributed by atoms with E-state index >= 15 is 0 Å². The molecule has 248 valence electrons. The standard InChI is InChI=1S/C31H46O13/c1-16-10-11-24(31(8,9)37)25(14-17(2)13-23(12-16)39-19(4)33)43-30-29(42-22(7)36)28(41-21(6)35)27(40-20(5)34)26(44-30)15-38-18(3)32/h12,14,23-30,37H,10-11,13,15H2,1-9H3/b16-12+,17-14+/t23-,24+,25-,26+,27+,28-,29+,30+/m0/s1. The van der Waals surface area contributed by atoms with Crippen LogP contribution in [-0.4, -0.2) is 90.1 Å². The number of rotatable bonds is 9. The van der Waals surface area contributed by atoms with Gasteiger partial charge in [0.2, 0.25) is 0 Å². The molecule has 1 heterocycles. The van der Waals surface area contributed by atoms with Crippen molar-refractivity contribution in [3.05, 3.63) is 23.3 Å². The quantitative estimate of drug-likeness (QED) is 0.225. The number of ether oxygens (including phenoxy) is 7. The molecule has 0 aromatic rings. The zero-order chi connectivity index (χ0) is 33.4. The predicted octanol–water partition coefficient (Wildman–Crippen LogP) is 2.85. The molecule has 0 aromatic heterocycles. The fourth-order valence-corrected chi connectivity index (χ4v) is 5.42. The monoisotopic (exact) mass is 626 g/mol. The molecular formula is C31H46O13. The smallest absolute Gasteiger partial charge is 0.303 e. The van der Waals surface area contributed by atoms with Gasteiger partial charge in [0.05, 0.1) is 11.7 Å². The van der Waals surface area contributed by atoms with E-state index in [1.165, 1.54) is 13.8 Å². The van der Waals surface area contributed by atoms with Crippen molar-refractivity contribution in [2.45, 2.75) is 130 Å². The first kappa shape index (κ1) is 36.9. The van der Waals surface area contributed by atoms with Gasteiger partial charge in [-0.2, -0.15) is 0 Å². The highest BCUT2D eigenvalue weighted by molar-refractivity contribution is 5.69. The van der Waals surface area contributed by atoms with Crippen LogP contribution in [0.1, 0.15) is 81.6 Å². The molecule has 1 saturated heterocycles. The van der Waals surface area contributed by atoms with Crippen LogP contribution < -0.4 is 0 Å². The van der Waals surface area contributed by atoms with Crippen LogP contribution in [0.2, 0.25) is 0 Å². The van der Waals surface area contributed by atoms with Gasteiger partial charge >= 0.3 is 29.8 Å². The fraction of sp³-hybridized carbons (Fsp3) is 0.710. The number of hydrogen-bond acceptors (Lipinski definition) is 13. The molecule has 1 fully saturated rings. The van der Waals surface area contributed by atoms with Crippen molar-refractivity contribution in [2.75, 3.05) is 6.61 Å². The Morgan fingerprint density at radius 1 is 0.795 bits per heavy atom. The van der Waals surface area contributed by atoms with Crippen LogP contribution in [0.4, 0.5) is 0 Å². The SMILES string of the molecule is CC(=O)OC[C@H]1O[C@@H](O[C@H]2/C=C(\C)C[C@@H](OC(C)=O)/C=C(\C)CC[C@H]2C(C)(C)O)[C@H](OC(C)=O)[C@@H](OC(C)=O)[C@@H]1OC(C)=O. The van der Waals surface area contributed by atoms with E-state index in [9.17, 15) is 29.1 Å². The van der Waals surface area contributed by atoms with Crippen molar-refractivity contribution in [1.82, 2.24) is 0 Å². The second kappa shape index (κ2) is 16.1. The van der Waals surface area contributed by atoms with Gasteiger partial charge in [-0.3, -0.25) is 24.0 Å². The third-order valence-electron chi connectivity index (χ3n) is 7.15. The van der Waals surface area contributed by atoms with Crippen molar-refractivity contribution >= 4 is 29.8 Å². The summed E-state index contributed by atoms with van der Waals surface area (Å²) in [6.07, 6.45) is -3.16. The number of carbonyl (C=O) groups excluding carboxylic acids is 5. The maximum absolute atomic E-state index is 12.3. The Balaban J connectivity index is 2.64. The molecule has 8 atom stereocenters. The van der Waals surface area contributed by atoms with Crippen molar-refractivity contribution in [2.24, 2.45) is 5.92 Å². The summed E-state index contributed by atoms with van der Waals surface area (Å²) < 4.78 is 39.8. The highest BCUT2D eigenvalue weighted by Gasteiger charge is 2.54. The summed E-state index contributed by atoms with van der Waals surface area (Å²) in [6.45, 7) is 12.6. The molecule has 1 aliphatic heterocycles. The Hall–Kier alpha value is -3.29. The summed E-state index contributed by atoms with van der Waals surface area (Å²) in [6, 6.07) is 0. The molecule has 0 radical (unpaired) electrons. The largest absolute Gasteiger partial charge is 0.463 e. The first-order valence-electron chi connectivity index (χ1n) is 14.6. The molecule has 0 unspecified atom stereocenters. The van der Waals surface area contributed by atoms with Crippen molar-refractivity contribution in [1.29, 1.82) is 0 Å². The minimum absolute atomic E-state index is 0.341. The van der Waals surface area contributed by atoms with E-state index in [2.05, 4.69) is 0 Å². The van der Waals surface area contributed by atoms with Gasteiger partial charge in [-0.05, 0) is 46.6 Å². The van der Waals surface area contributed by atoms with Crippen LogP contribution in [0.3, 0.4) is 0 Å². The first-order valence-corrected chi connectivity index (χ1v) is 14.6. The van der Waals surface area contributed by atoms with Crippen LogP contribution >= 0.6 is 0 Å². The topological polar surface area (TPSA) is 170 Å². The first-order chi connectivity index (χ1) is 20.4.